The fourth-order valence-electron chi connectivity index (χ4n) is 3.67. The zero-order chi connectivity index (χ0) is 17.9. The number of rotatable bonds is 5. The van der Waals surface area contributed by atoms with Gasteiger partial charge in [-0.25, -0.2) is 0 Å². The molecule has 0 aliphatic carbocycles. The van der Waals surface area contributed by atoms with Gasteiger partial charge in [-0.1, -0.05) is 6.07 Å². The van der Waals surface area contributed by atoms with Gasteiger partial charge in [-0.2, -0.15) is 0 Å². The molecule has 1 aliphatic rings. The predicted molar refractivity (Wildman–Crippen MR) is 98.8 cm³/mol. The summed E-state index contributed by atoms with van der Waals surface area (Å²) in [6, 6.07) is 11.7. The first kappa shape index (κ1) is 16.9. The van der Waals surface area contributed by atoms with Crippen molar-refractivity contribution in [2.75, 3.05) is 26.2 Å². The molecule has 1 unspecified atom stereocenters. The molecule has 1 fully saturated rings. The summed E-state index contributed by atoms with van der Waals surface area (Å²) in [5, 5.41) is 10.5. The van der Waals surface area contributed by atoms with E-state index in [-0.39, 0.29) is 18.6 Å². The lowest BCUT2D eigenvalue weighted by Gasteiger charge is -2.41. The molecule has 1 aromatic carbocycles. The highest BCUT2D eigenvalue weighted by Gasteiger charge is 2.30. The molecule has 26 heavy (non-hydrogen) atoms. The number of aromatic amines is 1. The number of aliphatic hydroxyl groups is 1. The number of nitrogens with zero attached hydrogens (tertiary/aromatic N) is 2. The van der Waals surface area contributed by atoms with Gasteiger partial charge in [-0.15, -0.1) is 0 Å². The Kier molecular flexibility index (Phi) is 4.77. The summed E-state index contributed by atoms with van der Waals surface area (Å²) in [5.74, 6) is 0.951. The van der Waals surface area contributed by atoms with Gasteiger partial charge < -0.3 is 19.4 Å². The maximum Gasteiger partial charge on any atom is 0.254 e. The molecule has 1 saturated heterocycles. The van der Waals surface area contributed by atoms with Crippen LogP contribution in [0.5, 0.6) is 0 Å². The van der Waals surface area contributed by atoms with Crippen LogP contribution in [0.4, 0.5) is 0 Å². The van der Waals surface area contributed by atoms with Crippen molar-refractivity contribution in [1.29, 1.82) is 0 Å². The number of nitrogens with one attached hydrogen (secondary N) is 1. The highest BCUT2D eigenvalue weighted by Crippen LogP contribution is 2.20. The molecule has 1 aliphatic heterocycles. The molecule has 2 aromatic heterocycles. The molecule has 1 atom stereocenters. The van der Waals surface area contributed by atoms with Crippen molar-refractivity contribution in [3.8, 4) is 0 Å². The Balaban J connectivity index is 1.48. The zero-order valence-corrected chi connectivity index (χ0v) is 14.6. The Hall–Kier alpha value is -2.57. The number of hydrogen-bond donors (Lipinski definition) is 2. The second-order valence-electron chi connectivity index (χ2n) is 6.75. The number of amides is 1. The molecule has 6 nitrogen and oxygen atoms in total. The normalized spacial score (nSPS) is 18.5. The standard InChI is InChI=1S/C20H23N3O3/c24-10-6-17-13-23(9-8-22(17)14-18-2-1-11-26-18)20(25)16-4-3-15-5-7-21-19(15)12-16/h1-5,7,11-12,17,21,24H,6,8-10,13-14H2. The van der Waals surface area contributed by atoms with Crippen LogP contribution >= 0.6 is 0 Å². The number of aromatic nitrogens is 1. The molecule has 3 aromatic rings. The smallest absolute Gasteiger partial charge is 0.254 e. The van der Waals surface area contributed by atoms with Crippen molar-refractivity contribution in [3.05, 3.63) is 60.2 Å². The Bertz CT molecular complexity index is 871. The van der Waals surface area contributed by atoms with Crippen molar-refractivity contribution in [2.45, 2.75) is 19.0 Å². The van der Waals surface area contributed by atoms with Gasteiger partial charge in [-0.3, -0.25) is 9.69 Å². The quantitative estimate of drug-likeness (QED) is 0.739. The maximum absolute atomic E-state index is 13.0. The van der Waals surface area contributed by atoms with E-state index in [9.17, 15) is 9.90 Å². The largest absolute Gasteiger partial charge is 0.468 e. The van der Waals surface area contributed by atoms with Crippen molar-refractivity contribution in [2.24, 2.45) is 0 Å². The van der Waals surface area contributed by atoms with Gasteiger partial charge in [-0.05, 0) is 42.1 Å². The fourth-order valence-corrected chi connectivity index (χ4v) is 3.67. The molecule has 4 rings (SSSR count). The van der Waals surface area contributed by atoms with E-state index in [1.807, 2.05) is 47.5 Å². The van der Waals surface area contributed by atoms with Crippen LogP contribution in [0.2, 0.25) is 0 Å². The molecular weight excluding hydrogens is 330 g/mol. The highest BCUT2D eigenvalue weighted by atomic mass is 16.3. The van der Waals surface area contributed by atoms with Gasteiger partial charge in [0, 0.05) is 49.6 Å². The molecule has 6 heteroatoms. The number of aliphatic hydroxyl groups excluding tert-OH is 1. The Morgan fingerprint density at radius 1 is 1.27 bits per heavy atom. The van der Waals surface area contributed by atoms with Crippen molar-refractivity contribution >= 4 is 16.8 Å². The summed E-state index contributed by atoms with van der Waals surface area (Å²) in [4.78, 5) is 20.3. The Morgan fingerprint density at radius 2 is 2.19 bits per heavy atom. The van der Waals surface area contributed by atoms with Crippen molar-refractivity contribution in [1.82, 2.24) is 14.8 Å². The summed E-state index contributed by atoms with van der Waals surface area (Å²) >= 11 is 0. The van der Waals surface area contributed by atoms with Crippen LogP contribution in [0.25, 0.3) is 10.9 Å². The second kappa shape index (κ2) is 7.35. The molecular formula is C20H23N3O3. The Labute approximate surface area is 152 Å². The third-order valence-electron chi connectivity index (χ3n) is 5.10. The first-order chi connectivity index (χ1) is 12.7. The van der Waals surface area contributed by atoms with Gasteiger partial charge in [0.1, 0.15) is 5.76 Å². The van der Waals surface area contributed by atoms with Crippen LogP contribution in [-0.2, 0) is 6.54 Å². The number of H-pyrrole nitrogens is 1. The van der Waals surface area contributed by atoms with E-state index in [1.54, 1.807) is 6.26 Å². The van der Waals surface area contributed by atoms with Crippen LogP contribution in [0.15, 0.2) is 53.3 Å². The van der Waals surface area contributed by atoms with Crippen LogP contribution in [0, 0.1) is 0 Å². The molecule has 136 valence electrons. The van der Waals surface area contributed by atoms with Crippen LogP contribution in [0.1, 0.15) is 22.5 Å². The predicted octanol–water partition coefficient (Wildman–Crippen LogP) is 2.47. The first-order valence-corrected chi connectivity index (χ1v) is 8.98. The summed E-state index contributed by atoms with van der Waals surface area (Å²) in [7, 11) is 0. The average Bonchev–Trinajstić information content (AvgIpc) is 3.33. The van der Waals surface area contributed by atoms with Crippen LogP contribution < -0.4 is 0 Å². The number of benzene rings is 1. The molecule has 0 bridgehead atoms. The highest BCUT2D eigenvalue weighted by molar-refractivity contribution is 5.98. The van der Waals surface area contributed by atoms with E-state index in [0.717, 1.165) is 23.2 Å². The van der Waals surface area contributed by atoms with Gasteiger partial charge >= 0.3 is 0 Å². The average molecular weight is 353 g/mol. The van der Waals surface area contributed by atoms with E-state index in [1.165, 1.54) is 0 Å². The molecule has 0 saturated carbocycles. The number of hydrogen-bond acceptors (Lipinski definition) is 4. The lowest BCUT2D eigenvalue weighted by molar-refractivity contribution is 0.0373. The number of fused-ring (bicyclic) bond motifs is 1. The number of carbonyl (C=O) groups is 1. The molecule has 1 amide bonds. The number of piperazine rings is 1. The minimum atomic E-state index is 0.0436. The second-order valence-corrected chi connectivity index (χ2v) is 6.75. The molecule has 0 spiro atoms. The maximum atomic E-state index is 13.0. The van der Waals surface area contributed by atoms with Gasteiger partial charge in [0.2, 0.25) is 0 Å². The van der Waals surface area contributed by atoms with E-state index >= 15 is 0 Å². The summed E-state index contributed by atoms with van der Waals surface area (Å²) in [6.45, 7) is 2.86. The third-order valence-corrected chi connectivity index (χ3v) is 5.10. The van der Waals surface area contributed by atoms with Gasteiger partial charge in [0.25, 0.3) is 5.91 Å². The minimum absolute atomic E-state index is 0.0436. The van der Waals surface area contributed by atoms with E-state index < -0.39 is 0 Å². The molecule has 2 N–H and O–H groups in total. The van der Waals surface area contributed by atoms with E-state index in [0.29, 0.717) is 31.6 Å². The summed E-state index contributed by atoms with van der Waals surface area (Å²) < 4.78 is 5.45. The zero-order valence-electron chi connectivity index (χ0n) is 14.6. The lowest BCUT2D eigenvalue weighted by Crippen LogP contribution is -2.54. The first-order valence-electron chi connectivity index (χ1n) is 8.98. The number of carbonyl (C=O) groups excluding carboxylic acids is 1. The van der Waals surface area contributed by atoms with Crippen LogP contribution in [-0.4, -0.2) is 58.1 Å². The fraction of sp³-hybridized carbons (Fsp3) is 0.350. The molecule has 0 radical (unpaired) electrons. The Morgan fingerprint density at radius 3 is 3.00 bits per heavy atom. The summed E-state index contributed by atoms with van der Waals surface area (Å²) in [6.07, 6.45) is 4.19. The lowest BCUT2D eigenvalue weighted by atomic mass is 10.1. The van der Waals surface area contributed by atoms with Crippen molar-refractivity contribution in [3.63, 3.8) is 0 Å². The summed E-state index contributed by atoms with van der Waals surface area (Å²) in [5.41, 5.74) is 1.67. The number of furan rings is 1. The van der Waals surface area contributed by atoms with Gasteiger partial charge in [0.05, 0.1) is 12.8 Å². The van der Waals surface area contributed by atoms with E-state index in [4.69, 9.17) is 4.42 Å². The van der Waals surface area contributed by atoms with E-state index in [2.05, 4.69) is 9.88 Å². The molecule has 3 heterocycles. The van der Waals surface area contributed by atoms with Crippen molar-refractivity contribution < 1.29 is 14.3 Å². The van der Waals surface area contributed by atoms with Crippen LogP contribution in [0.3, 0.4) is 0 Å². The monoisotopic (exact) mass is 353 g/mol. The third kappa shape index (κ3) is 3.38. The minimum Gasteiger partial charge on any atom is -0.468 e. The topological polar surface area (TPSA) is 72.7 Å². The van der Waals surface area contributed by atoms with Gasteiger partial charge in [0.15, 0.2) is 0 Å². The SMILES string of the molecule is O=C(c1ccc2cc[nH]c2c1)N1CCN(Cc2ccco2)C(CCO)C1.